The highest BCUT2D eigenvalue weighted by Gasteiger charge is 2.20. The Balaban J connectivity index is 1.87. The summed E-state index contributed by atoms with van der Waals surface area (Å²) in [5.74, 6) is 0.403. The van der Waals surface area contributed by atoms with Gasteiger partial charge in [-0.15, -0.1) is 0 Å². The molecule has 124 valence electrons. The van der Waals surface area contributed by atoms with Crippen molar-refractivity contribution in [3.05, 3.63) is 53.7 Å². The molecule has 5 heteroatoms. The van der Waals surface area contributed by atoms with Crippen LogP contribution in [-0.4, -0.2) is 29.8 Å². The van der Waals surface area contributed by atoms with E-state index in [9.17, 15) is 9.59 Å². The van der Waals surface area contributed by atoms with E-state index in [4.69, 9.17) is 0 Å². The second-order valence-corrected chi connectivity index (χ2v) is 5.98. The average Bonchev–Trinajstić information content (AvgIpc) is 2.62. The Kier molecular flexibility index (Phi) is 4.89. The highest BCUT2D eigenvalue weighted by atomic mass is 16.2. The molecule has 0 aliphatic carbocycles. The van der Waals surface area contributed by atoms with Gasteiger partial charge in [0.2, 0.25) is 0 Å². The van der Waals surface area contributed by atoms with Gasteiger partial charge in [0.05, 0.1) is 11.3 Å². The van der Waals surface area contributed by atoms with Crippen molar-refractivity contribution in [1.82, 2.24) is 4.98 Å². The van der Waals surface area contributed by atoms with Gasteiger partial charge in [0, 0.05) is 24.8 Å². The maximum absolute atomic E-state index is 12.8. The number of nitrogens with zero attached hydrogens (tertiary/aromatic N) is 2. The van der Waals surface area contributed by atoms with Crippen LogP contribution in [0.4, 0.5) is 11.5 Å². The normalized spacial score (nSPS) is 14.3. The minimum atomic E-state index is -0.239. The number of ketones is 1. The number of Topliss-reactive ketones (excluding diaryl/α,β-unsaturated/α-hetero) is 1. The molecule has 5 nitrogen and oxygen atoms in total. The number of hydrogen-bond donors (Lipinski definition) is 1. The van der Waals surface area contributed by atoms with Crippen molar-refractivity contribution in [2.24, 2.45) is 0 Å². The Bertz CT molecular complexity index is 752. The summed E-state index contributed by atoms with van der Waals surface area (Å²) in [7, 11) is 0. The zero-order valence-corrected chi connectivity index (χ0v) is 13.8. The summed E-state index contributed by atoms with van der Waals surface area (Å²) >= 11 is 0. The van der Waals surface area contributed by atoms with Crippen LogP contribution in [0.2, 0.25) is 0 Å². The third-order valence-corrected chi connectivity index (χ3v) is 4.24. The maximum Gasteiger partial charge on any atom is 0.259 e. The van der Waals surface area contributed by atoms with Crippen molar-refractivity contribution < 1.29 is 9.59 Å². The summed E-state index contributed by atoms with van der Waals surface area (Å²) in [6, 6.07) is 10.6. The molecule has 0 bridgehead atoms. The van der Waals surface area contributed by atoms with E-state index in [1.807, 2.05) is 0 Å². The van der Waals surface area contributed by atoms with E-state index >= 15 is 0 Å². The summed E-state index contributed by atoms with van der Waals surface area (Å²) in [5.41, 5.74) is 1.58. The fourth-order valence-corrected chi connectivity index (χ4v) is 3.02. The summed E-state index contributed by atoms with van der Waals surface area (Å²) < 4.78 is 0. The number of carbonyl (C=O) groups excluding carboxylic acids is 2. The average molecular weight is 323 g/mol. The quantitative estimate of drug-likeness (QED) is 0.874. The van der Waals surface area contributed by atoms with E-state index in [0.29, 0.717) is 16.8 Å². The number of para-hydroxylation sites is 1. The molecule has 1 N–H and O–H groups in total. The topological polar surface area (TPSA) is 62.3 Å². The summed E-state index contributed by atoms with van der Waals surface area (Å²) in [6.07, 6.45) is 5.16. The summed E-state index contributed by atoms with van der Waals surface area (Å²) in [6.45, 7) is 3.33. The van der Waals surface area contributed by atoms with Gasteiger partial charge in [-0.05, 0) is 50.5 Å². The summed E-state index contributed by atoms with van der Waals surface area (Å²) in [4.78, 5) is 31.1. The molecule has 24 heavy (non-hydrogen) atoms. The molecule has 1 saturated heterocycles. The molecule has 1 amide bonds. The van der Waals surface area contributed by atoms with Crippen LogP contribution in [0.25, 0.3) is 0 Å². The molecule has 0 radical (unpaired) electrons. The molecular weight excluding hydrogens is 302 g/mol. The van der Waals surface area contributed by atoms with E-state index in [2.05, 4.69) is 15.2 Å². The highest BCUT2D eigenvalue weighted by molar-refractivity contribution is 6.11. The van der Waals surface area contributed by atoms with Gasteiger partial charge in [-0.25, -0.2) is 4.98 Å². The Morgan fingerprint density at radius 2 is 1.71 bits per heavy atom. The van der Waals surface area contributed by atoms with Gasteiger partial charge >= 0.3 is 0 Å². The lowest BCUT2D eigenvalue weighted by Crippen LogP contribution is -2.32. The Morgan fingerprint density at radius 3 is 2.46 bits per heavy atom. The number of hydrogen-bond acceptors (Lipinski definition) is 4. The first-order valence-corrected chi connectivity index (χ1v) is 8.28. The Hall–Kier alpha value is -2.69. The molecule has 1 aliphatic rings. The number of pyridine rings is 1. The van der Waals surface area contributed by atoms with Crippen LogP contribution in [-0.2, 0) is 0 Å². The molecule has 2 aromatic rings. The number of carbonyl (C=O) groups is 2. The van der Waals surface area contributed by atoms with Gasteiger partial charge in [-0.3, -0.25) is 9.59 Å². The standard InChI is InChI=1S/C19H21N3O2/c1-14(23)15-8-3-4-10-17(15)21-19(24)16-9-7-11-20-18(16)22-12-5-2-6-13-22/h3-4,7-11H,2,5-6,12-13H2,1H3,(H,21,24). The second kappa shape index (κ2) is 7.25. The molecule has 2 heterocycles. The van der Waals surface area contributed by atoms with E-state index < -0.39 is 0 Å². The first kappa shape index (κ1) is 16.2. The number of rotatable bonds is 4. The predicted octanol–water partition coefficient (Wildman–Crippen LogP) is 3.53. The third kappa shape index (κ3) is 3.45. The zero-order chi connectivity index (χ0) is 16.9. The Labute approximate surface area is 141 Å². The number of benzene rings is 1. The van der Waals surface area contributed by atoms with Gasteiger partial charge in [0.15, 0.2) is 5.78 Å². The van der Waals surface area contributed by atoms with E-state index in [0.717, 1.165) is 31.7 Å². The molecule has 1 aromatic heterocycles. The maximum atomic E-state index is 12.8. The van der Waals surface area contributed by atoms with Crippen LogP contribution in [0.15, 0.2) is 42.6 Å². The molecule has 0 unspecified atom stereocenters. The largest absolute Gasteiger partial charge is 0.356 e. The molecule has 3 rings (SSSR count). The van der Waals surface area contributed by atoms with Crippen LogP contribution >= 0.6 is 0 Å². The Morgan fingerprint density at radius 1 is 1.00 bits per heavy atom. The molecule has 0 spiro atoms. The lowest BCUT2D eigenvalue weighted by atomic mass is 10.1. The first-order valence-electron chi connectivity index (χ1n) is 8.28. The number of amides is 1. The van der Waals surface area contributed by atoms with Gasteiger partial charge in [0.25, 0.3) is 5.91 Å². The number of nitrogens with one attached hydrogen (secondary N) is 1. The number of aromatic nitrogens is 1. The number of anilines is 2. The van der Waals surface area contributed by atoms with Crippen molar-refractivity contribution in [2.45, 2.75) is 26.2 Å². The summed E-state index contributed by atoms with van der Waals surface area (Å²) in [5, 5.41) is 2.86. The molecule has 0 saturated carbocycles. The minimum absolute atomic E-state index is 0.0756. The first-order chi connectivity index (χ1) is 11.7. The van der Waals surface area contributed by atoms with E-state index in [1.165, 1.54) is 13.3 Å². The van der Waals surface area contributed by atoms with E-state index in [1.54, 1.807) is 42.6 Å². The number of piperidine rings is 1. The van der Waals surface area contributed by atoms with Crippen molar-refractivity contribution >= 4 is 23.2 Å². The SMILES string of the molecule is CC(=O)c1ccccc1NC(=O)c1cccnc1N1CCCCC1. The second-order valence-electron chi connectivity index (χ2n) is 5.98. The molecule has 1 aliphatic heterocycles. The van der Waals surface area contributed by atoms with Gasteiger partial charge in [-0.1, -0.05) is 12.1 Å². The van der Waals surface area contributed by atoms with Crippen LogP contribution in [0.3, 0.4) is 0 Å². The zero-order valence-electron chi connectivity index (χ0n) is 13.8. The third-order valence-electron chi connectivity index (χ3n) is 4.24. The van der Waals surface area contributed by atoms with Crippen molar-refractivity contribution in [2.75, 3.05) is 23.3 Å². The van der Waals surface area contributed by atoms with Crippen molar-refractivity contribution in [1.29, 1.82) is 0 Å². The van der Waals surface area contributed by atoms with Crippen molar-refractivity contribution in [3.63, 3.8) is 0 Å². The fourth-order valence-electron chi connectivity index (χ4n) is 3.02. The van der Waals surface area contributed by atoms with Gasteiger partial charge in [0.1, 0.15) is 5.82 Å². The molecule has 1 fully saturated rings. The van der Waals surface area contributed by atoms with Crippen LogP contribution in [0.5, 0.6) is 0 Å². The molecule has 1 aromatic carbocycles. The van der Waals surface area contributed by atoms with Gasteiger partial charge in [-0.2, -0.15) is 0 Å². The van der Waals surface area contributed by atoms with Crippen LogP contribution in [0, 0.1) is 0 Å². The van der Waals surface area contributed by atoms with Crippen molar-refractivity contribution in [3.8, 4) is 0 Å². The highest BCUT2D eigenvalue weighted by Crippen LogP contribution is 2.23. The van der Waals surface area contributed by atoms with Gasteiger partial charge < -0.3 is 10.2 Å². The monoisotopic (exact) mass is 323 g/mol. The van der Waals surface area contributed by atoms with E-state index in [-0.39, 0.29) is 11.7 Å². The predicted molar refractivity (Wildman–Crippen MR) is 94.7 cm³/mol. The molecular formula is C19H21N3O2. The fraction of sp³-hybridized carbons (Fsp3) is 0.316. The van der Waals surface area contributed by atoms with Crippen LogP contribution in [0.1, 0.15) is 46.9 Å². The minimum Gasteiger partial charge on any atom is -0.356 e. The lowest BCUT2D eigenvalue weighted by Gasteiger charge is -2.29. The smallest absolute Gasteiger partial charge is 0.259 e. The van der Waals surface area contributed by atoms with Crippen LogP contribution < -0.4 is 10.2 Å². The molecule has 0 atom stereocenters. The lowest BCUT2D eigenvalue weighted by molar-refractivity contribution is 0.101.